The van der Waals surface area contributed by atoms with Gasteiger partial charge in [-0.15, -0.1) is 0 Å². The fourth-order valence-corrected chi connectivity index (χ4v) is 3.60. The number of hydrogen-bond donors (Lipinski definition) is 0. The number of methoxy groups -OCH3 is 1. The maximum atomic E-state index is 13.2. The lowest BCUT2D eigenvalue weighted by atomic mass is 9.98. The molecule has 5 heteroatoms. The normalized spacial score (nSPS) is 16.2. The maximum Gasteiger partial charge on any atom is 0.290 e. The standard InChI is InChI=1S/C21H19NO4/c1-3-11-22-18(13-7-6-8-14(12-13)25-2)17-19(23)15-9-4-5-10-16(15)26-20(17)21(22)24/h4-10,12,18H,3,11H2,1-2H3/t18-/m1/s1. The number of rotatable bonds is 4. The van der Waals surface area contributed by atoms with Crippen LogP contribution >= 0.6 is 0 Å². The molecule has 2 heterocycles. The summed E-state index contributed by atoms with van der Waals surface area (Å²) in [4.78, 5) is 27.9. The minimum Gasteiger partial charge on any atom is -0.497 e. The van der Waals surface area contributed by atoms with Gasteiger partial charge in [0.15, 0.2) is 5.43 Å². The molecule has 5 nitrogen and oxygen atoms in total. The Bertz CT molecular complexity index is 1050. The summed E-state index contributed by atoms with van der Waals surface area (Å²) in [6.45, 7) is 2.55. The second-order valence-electron chi connectivity index (χ2n) is 6.35. The third-order valence-corrected chi connectivity index (χ3v) is 4.75. The van der Waals surface area contributed by atoms with Gasteiger partial charge in [0.1, 0.15) is 11.3 Å². The summed E-state index contributed by atoms with van der Waals surface area (Å²) in [5, 5.41) is 0.491. The predicted molar refractivity (Wildman–Crippen MR) is 98.6 cm³/mol. The predicted octanol–water partition coefficient (Wildman–Crippen LogP) is 3.76. The van der Waals surface area contributed by atoms with E-state index in [2.05, 4.69) is 0 Å². The molecule has 132 valence electrons. The van der Waals surface area contributed by atoms with E-state index in [4.69, 9.17) is 9.15 Å². The van der Waals surface area contributed by atoms with Crippen molar-refractivity contribution in [2.75, 3.05) is 13.7 Å². The summed E-state index contributed by atoms with van der Waals surface area (Å²) in [6, 6.07) is 14.1. The lowest BCUT2D eigenvalue weighted by molar-refractivity contribution is 0.0728. The average Bonchev–Trinajstić information content (AvgIpc) is 2.95. The Kier molecular flexibility index (Phi) is 3.99. The summed E-state index contributed by atoms with van der Waals surface area (Å²) in [7, 11) is 1.60. The zero-order valence-electron chi connectivity index (χ0n) is 14.7. The van der Waals surface area contributed by atoms with Crippen molar-refractivity contribution in [3.05, 3.63) is 75.6 Å². The van der Waals surface area contributed by atoms with E-state index in [0.29, 0.717) is 28.8 Å². The van der Waals surface area contributed by atoms with Crippen molar-refractivity contribution in [1.29, 1.82) is 0 Å². The molecule has 1 atom stereocenters. The summed E-state index contributed by atoms with van der Waals surface area (Å²) in [5.74, 6) is 0.595. The molecule has 0 bridgehead atoms. The van der Waals surface area contributed by atoms with Gasteiger partial charge in [-0.05, 0) is 36.2 Å². The van der Waals surface area contributed by atoms with Gasteiger partial charge in [-0.25, -0.2) is 0 Å². The first kappa shape index (κ1) is 16.4. The number of para-hydroxylation sites is 1. The monoisotopic (exact) mass is 349 g/mol. The second kappa shape index (κ2) is 6.33. The van der Waals surface area contributed by atoms with Crippen LogP contribution < -0.4 is 10.2 Å². The smallest absolute Gasteiger partial charge is 0.290 e. The van der Waals surface area contributed by atoms with Crippen LogP contribution in [0.1, 0.15) is 41.1 Å². The Balaban J connectivity index is 2.00. The summed E-state index contributed by atoms with van der Waals surface area (Å²) in [6.07, 6.45) is 0.786. The molecule has 0 saturated heterocycles. The van der Waals surface area contributed by atoms with Gasteiger partial charge in [0.05, 0.1) is 24.1 Å². The molecule has 4 rings (SSSR count). The zero-order chi connectivity index (χ0) is 18.3. The largest absolute Gasteiger partial charge is 0.497 e. The first-order chi connectivity index (χ1) is 12.7. The number of amides is 1. The van der Waals surface area contributed by atoms with Gasteiger partial charge >= 0.3 is 0 Å². The molecule has 3 aromatic rings. The highest BCUT2D eigenvalue weighted by Gasteiger charge is 2.42. The highest BCUT2D eigenvalue weighted by atomic mass is 16.5. The van der Waals surface area contributed by atoms with E-state index >= 15 is 0 Å². The first-order valence-corrected chi connectivity index (χ1v) is 8.66. The quantitative estimate of drug-likeness (QED) is 0.720. The highest BCUT2D eigenvalue weighted by molar-refractivity contribution is 5.99. The van der Waals surface area contributed by atoms with Crippen LogP contribution in [0.2, 0.25) is 0 Å². The molecule has 1 amide bonds. The van der Waals surface area contributed by atoms with Crippen LogP contribution in [0.25, 0.3) is 11.0 Å². The van der Waals surface area contributed by atoms with Gasteiger partial charge < -0.3 is 14.1 Å². The fourth-order valence-electron chi connectivity index (χ4n) is 3.60. The molecule has 0 saturated carbocycles. The zero-order valence-corrected chi connectivity index (χ0v) is 14.7. The van der Waals surface area contributed by atoms with Crippen molar-refractivity contribution < 1.29 is 13.9 Å². The number of benzene rings is 2. The van der Waals surface area contributed by atoms with Gasteiger partial charge in [0.25, 0.3) is 5.91 Å². The van der Waals surface area contributed by atoms with Gasteiger partial charge in [-0.3, -0.25) is 9.59 Å². The SMILES string of the molecule is CCCN1C(=O)c2oc3ccccc3c(=O)c2[C@H]1c1cccc(OC)c1. The summed E-state index contributed by atoms with van der Waals surface area (Å²) >= 11 is 0. The second-order valence-corrected chi connectivity index (χ2v) is 6.35. The molecule has 0 unspecified atom stereocenters. The van der Waals surface area contributed by atoms with E-state index in [9.17, 15) is 9.59 Å². The molecule has 1 aliphatic heterocycles. The van der Waals surface area contributed by atoms with Crippen molar-refractivity contribution in [3.8, 4) is 5.75 Å². The van der Waals surface area contributed by atoms with Crippen LogP contribution in [0.4, 0.5) is 0 Å². The molecule has 1 aliphatic rings. The van der Waals surface area contributed by atoms with E-state index in [0.717, 1.165) is 12.0 Å². The van der Waals surface area contributed by atoms with Crippen LogP contribution in [0, 0.1) is 0 Å². The third-order valence-electron chi connectivity index (χ3n) is 4.75. The van der Waals surface area contributed by atoms with Gasteiger partial charge in [0.2, 0.25) is 5.76 Å². The highest BCUT2D eigenvalue weighted by Crippen LogP contribution is 2.38. The first-order valence-electron chi connectivity index (χ1n) is 8.66. The van der Waals surface area contributed by atoms with Crippen LogP contribution in [0.15, 0.2) is 57.7 Å². The Labute approximate surface area is 150 Å². The third kappa shape index (κ3) is 2.39. The summed E-state index contributed by atoms with van der Waals surface area (Å²) in [5.41, 5.74) is 1.54. The molecule has 0 radical (unpaired) electrons. The maximum absolute atomic E-state index is 13.2. The molecular weight excluding hydrogens is 330 g/mol. The van der Waals surface area contributed by atoms with Crippen LogP contribution in [-0.2, 0) is 0 Å². The molecule has 2 aromatic carbocycles. The van der Waals surface area contributed by atoms with Crippen molar-refractivity contribution in [3.63, 3.8) is 0 Å². The molecule has 1 aromatic heterocycles. The van der Waals surface area contributed by atoms with Crippen molar-refractivity contribution >= 4 is 16.9 Å². The number of fused-ring (bicyclic) bond motifs is 2. The number of carbonyl (C=O) groups is 1. The molecule has 0 fully saturated rings. The average molecular weight is 349 g/mol. The van der Waals surface area contributed by atoms with E-state index in [1.807, 2.05) is 31.2 Å². The number of carbonyl (C=O) groups excluding carboxylic acids is 1. The van der Waals surface area contributed by atoms with Crippen molar-refractivity contribution in [1.82, 2.24) is 4.90 Å². The Morgan fingerprint density at radius 2 is 1.92 bits per heavy atom. The Morgan fingerprint density at radius 1 is 1.12 bits per heavy atom. The Hall–Kier alpha value is -3.08. The molecular formula is C21H19NO4. The fraction of sp³-hybridized carbons (Fsp3) is 0.238. The lowest BCUT2D eigenvalue weighted by Gasteiger charge is -2.24. The van der Waals surface area contributed by atoms with Crippen LogP contribution in [-0.4, -0.2) is 24.5 Å². The van der Waals surface area contributed by atoms with Crippen LogP contribution in [0.5, 0.6) is 5.75 Å². The number of nitrogens with zero attached hydrogens (tertiary/aromatic N) is 1. The Morgan fingerprint density at radius 3 is 2.69 bits per heavy atom. The minimum absolute atomic E-state index is 0.148. The van der Waals surface area contributed by atoms with E-state index in [-0.39, 0.29) is 17.1 Å². The molecule has 26 heavy (non-hydrogen) atoms. The van der Waals surface area contributed by atoms with Crippen LogP contribution in [0.3, 0.4) is 0 Å². The van der Waals surface area contributed by atoms with Gasteiger partial charge in [0, 0.05) is 6.54 Å². The van der Waals surface area contributed by atoms with E-state index < -0.39 is 6.04 Å². The summed E-state index contributed by atoms with van der Waals surface area (Å²) < 4.78 is 11.2. The molecule has 0 aliphatic carbocycles. The topological polar surface area (TPSA) is 59.8 Å². The number of ether oxygens (including phenoxy) is 1. The molecule has 0 spiro atoms. The van der Waals surface area contributed by atoms with Gasteiger partial charge in [-0.2, -0.15) is 0 Å². The van der Waals surface area contributed by atoms with E-state index in [1.165, 1.54) is 0 Å². The van der Waals surface area contributed by atoms with Crippen molar-refractivity contribution in [2.45, 2.75) is 19.4 Å². The lowest BCUT2D eigenvalue weighted by Crippen LogP contribution is -2.30. The van der Waals surface area contributed by atoms with E-state index in [1.54, 1.807) is 36.3 Å². The minimum atomic E-state index is -0.464. The molecule has 0 N–H and O–H groups in total. The van der Waals surface area contributed by atoms with Crippen molar-refractivity contribution in [2.24, 2.45) is 0 Å². The van der Waals surface area contributed by atoms with Gasteiger partial charge in [-0.1, -0.05) is 31.2 Å². The number of hydrogen-bond acceptors (Lipinski definition) is 4.